The van der Waals surface area contributed by atoms with E-state index >= 15 is 0 Å². The molecular weight excluding hydrogens is 366 g/mol. The number of anilines is 1. The van der Waals surface area contributed by atoms with E-state index in [1.807, 2.05) is 49.5 Å². The number of nitrogens with zero attached hydrogens (tertiary/aromatic N) is 1. The van der Waals surface area contributed by atoms with E-state index in [1.54, 1.807) is 4.90 Å². The number of fused-ring (bicyclic) bond motifs is 2. The van der Waals surface area contributed by atoms with Gasteiger partial charge in [0.25, 0.3) is 0 Å². The van der Waals surface area contributed by atoms with E-state index in [4.69, 9.17) is 4.74 Å². The van der Waals surface area contributed by atoms with Gasteiger partial charge in [-0.3, -0.25) is 9.59 Å². The monoisotopic (exact) mass is 391 g/mol. The lowest BCUT2D eigenvalue weighted by molar-refractivity contribution is -0.125. The van der Waals surface area contributed by atoms with Crippen LogP contribution in [0.4, 0.5) is 5.69 Å². The van der Waals surface area contributed by atoms with E-state index in [1.165, 1.54) is 10.9 Å². The number of amides is 2. The first-order valence-corrected chi connectivity index (χ1v) is 9.97. The molecule has 0 aliphatic carbocycles. The third-order valence-corrected chi connectivity index (χ3v) is 5.24. The maximum atomic E-state index is 12.7. The van der Waals surface area contributed by atoms with Gasteiger partial charge in [-0.2, -0.15) is 0 Å². The molecule has 0 unspecified atom stereocenters. The Hall–Kier alpha value is -3.28. The number of carbonyl (C=O) groups excluding carboxylic acids is 2. The van der Waals surface area contributed by atoms with Crippen LogP contribution < -0.4 is 15.0 Å². The molecule has 150 valence electrons. The molecule has 1 aromatic heterocycles. The van der Waals surface area contributed by atoms with Crippen LogP contribution in [0.25, 0.3) is 10.9 Å². The van der Waals surface area contributed by atoms with Gasteiger partial charge in [-0.05, 0) is 42.7 Å². The van der Waals surface area contributed by atoms with Crippen LogP contribution in [0.2, 0.25) is 0 Å². The molecule has 29 heavy (non-hydrogen) atoms. The fourth-order valence-corrected chi connectivity index (χ4v) is 3.71. The summed E-state index contributed by atoms with van der Waals surface area (Å²) in [5.74, 6) is 0.571. The molecule has 0 fully saturated rings. The second-order valence-corrected chi connectivity index (χ2v) is 7.32. The number of ether oxygens (including phenoxy) is 1. The van der Waals surface area contributed by atoms with E-state index < -0.39 is 0 Å². The van der Waals surface area contributed by atoms with Crippen molar-refractivity contribution in [2.75, 3.05) is 24.6 Å². The fourth-order valence-electron chi connectivity index (χ4n) is 3.71. The molecule has 1 aliphatic heterocycles. The lowest BCUT2D eigenvalue weighted by atomic mass is 10.1. The van der Waals surface area contributed by atoms with Crippen LogP contribution in [-0.4, -0.2) is 36.5 Å². The minimum atomic E-state index is -0.101. The molecule has 4 rings (SSSR count). The van der Waals surface area contributed by atoms with Crippen LogP contribution in [0, 0.1) is 6.92 Å². The number of H-pyrrole nitrogens is 1. The Balaban J connectivity index is 1.27. The standard InChI is InChI=1S/C23H25N3O3/c1-16-6-7-21-20(14-16)26(12-13-29-21)23(28)9-8-22(27)24-11-10-17-15-25-19-5-3-2-4-18(17)19/h2-7,14-15,25H,8-13H2,1H3,(H,24,27). The summed E-state index contributed by atoms with van der Waals surface area (Å²) in [5, 5.41) is 4.10. The fraction of sp³-hybridized carbons (Fsp3) is 0.304. The van der Waals surface area contributed by atoms with Crippen molar-refractivity contribution < 1.29 is 14.3 Å². The van der Waals surface area contributed by atoms with E-state index in [2.05, 4.69) is 16.4 Å². The number of hydrogen-bond acceptors (Lipinski definition) is 3. The Morgan fingerprint density at radius 3 is 2.93 bits per heavy atom. The first kappa shape index (κ1) is 19.1. The Morgan fingerprint density at radius 2 is 2.03 bits per heavy atom. The van der Waals surface area contributed by atoms with Gasteiger partial charge in [0.2, 0.25) is 11.8 Å². The van der Waals surface area contributed by atoms with Crippen LogP contribution in [0.15, 0.2) is 48.7 Å². The Kier molecular flexibility index (Phi) is 5.51. The third kappa shape index (κ3) is 4.26. The molecule has 1 aliphatic rings. The summed E-state index contributed by atoms with van der Waals surface area (Å²) < 4.78 is 5.63. The van der Waals surface area contributed by atoms with Crippen molar-refractivity contribution in [2.45, 2.75) is 26.2 Å². The molecule has 0 bridgehead atoms. The molecule has 0 saturated heterocycles. The molecule has 2 N–H and O–H groups in total. The van der Waals surface area contributed by atoms with E-state index in [9.17, 15) is 9.59 Å². The highest BCUT2D eigenvalue weighted by Crippen LogP contribution is 2.32. The van der Waals surface area contributed by atoms with Crippen LogP contribution in [0.5, 0.6) is 5.75 Å². The van der Waals surface area contributed by atoms with Crippen LogP contribution in [0.1, 0.15) is 24.0 Å². The zero-order valence-corrected chi connectivity index (χ0v) is 16.5. The molecule has 2 heterocycles. The quantitative estimate of drug-likeness (QED) is 0.677. The first-order valence-electron chi connectivity index (χ1n) is 9.97. The lowest BCUT2D eigenvalue weighted by Gasteiger charge is -2.29. The predicted octanol–water partition coefficient (Wildman–Crippen LogP) is 3.34. The smallest absolute Gasteiger partial charge is 0.227 e. The Labute approximate surface area is 169 Å². The normalized spacial score (nSPS) is 13.1. The highest BCUT2D eigenvalue weighted by molar-refractivity contribution is 5.97. The highest BCUT2D eigenvalue weighted by Gasteiger charge is 2.24. The topological polar surface area (TPSA) is 74.4 Å². The number of aromatic nitrogens is 1. The summed E-state index contributed by atoms with van der Waals surface area (Å²) in [6, 6.07) is 13.9. The SMILES string of the molecule is Cc1ccc2c(c1)N(C(=O)CCC(=O)NCCc1c[nH]c3ccccc13)CCO2. The summed E-state index contributed by atoms with van der Waals surface area (Å²) in [6.07, 6.45) is 3.11. The van der Waals surface area contributed by atoms with Crippen LogP contribution >= 0.6 is 0 Å². The van der Waals surface area contributed by atoms with Crippen molar-refractivity contribution in [1.29, 1.82) is 0 Å². The maximum Gasteiger partial charge on any atom is 0.227 e. The summed E-state index contributed by atoms with van der Waals surface area (Å²) in [7, 11) is 0. The van der Waals surface area contributed by atoms with Crippen LogP contribution in [0.3, 0.4) is 0 Å². The zero-order chi connectivity index (χ0) is 20.2. The first-order chi connectivity index (χ1) is 14.1. The van der Waals surface area contributed by atoms with Gasteiger partial charge < -0.3 is 19.9 Å². The summed E-state index contributed by atoms with van der Waals surface area (Å²) in [4.78, 5) is 29.8. The van der Waals surface area contributed by atoms with E-state index in [-0.39, 0.29) is 24.7 Å². The van der Waals surface area contributed by atoms with Gasteiger partial charge in [0.15, 0.2) is 0 Å². The van der Waals surface area contributed by atoms with Crippen molar-refractivity contribution in [3.63, 3.8) is 0 Å². The molecule has 0 atom stereocenters. The van der Waals surface area contributed by atoms with Gasteiger partial charge >= 0.3 is 0 Å². The van der Waals surface area contributed by atoms with Gasteiger partial charge in [-0.25, -0.2) is 0 Å². The van der Waals surface area contributed by atoms with Gasteiger partial charge in [-0.1, -0.05) is 24.3 Å². The van der Waals surface area contributed by atoms with Crippen molar-refractivity contribution in [2.24, 2.45) is 0 Å². The molecule has 0 spiro atoms. The minimum Gasteiger partial charge on any atom is -0.490 e. The largest absolute Gasteiger partial charge is 0.490 e. The van der Waals surface area contributed by atoms with Gasteiger partial charge in [0.05, 0.1) is 12.2 Å². The molecular formula is C23H25N3O3. The van der Waals surface area contributed by atoms with Crippen molar-refractivity contribution in [3.8, 4) is 5.75 Å². The molecule has 6 nitrogen and oxygen atoms in total. The zero-order valence-electron chi connectivity index (χ0n) is 16.5. The number of nitrogens with one attached hydrogen (secondary N) is 2. The van der Waals surface area contributed by atoms with Gasteiger partial charge in [0, 0.05) is 36.5 Å². The molecule has 2 aromatic carbocycles. The molecule has 0 saturated carbocycles. The predicted molar refractivity (Wildman–Crippen MR) is 113 cm³/mol. The number of aromatic amines is 1. The lowest BCUT2D eigenvalue weighted by Crippen LogP contribution is -2.38. The molecule has 0 radical (unpaired) electrons. The number of aryl methyl sites for hydroxylation is 1. The minimum absolute atomic E-state index is 0.0491. The van der Waals surface area contributed by atoms with Crippen LogP contribution in [-0.2, 0) is 16.0 Å². The van der Waals surface area contributed by atoms with E-state index in [0.717, 1.165) is 28.9 Å². The number of para-hydroxylation sites is 1. The number of benzene rings is 2. The Bertz CT molecular complexity index is 1040. The summed E-state index contributed by atoms with van der Waals surface area (Å²) >= 11 is 0. The van der Waals surface area contributed by atoms with Crippen molar-refractivity contribution >= 4 is 28.4 Å². The second-order valence-electron chi connectivity index (χ2n) is 7.32. The van der Waals surface area contributed by atoms with E-state index in [0.29, 0.717) is 19.7 Å². The summed E-state index contributed by atoms with van der Waals surface area (Å²) in [5.41, 5.74) is 4.14. The Morgan fingerprint density at radius 1 is 1.17 bits per heavy atom. The van der Waals surface area contributed by atoms with Crippen molar-refractivity contribution in [1.82, 2.24) is 10.3 Å². The molecule has 6 heteroatoms. The van der Waals surface area contributed by atoms with Crippen molar-refractivity contribution in [3.05, 3.63) is 59.8 Å². The van der Waals surface area contributed by atoms with Gasteiger partial charge in [-0.15, -0.1) is 0 Å². The average Bonchev–Trinajstić information content (AvgIpc) is 3.15. The molecule has 3 aromatic rings. The second kappa shape index (κ2) is 8.39. The summed E-state index contributed by atoms with van der Waals surface area (Å²) in [6.45, 7) is 3.52. The number of rotatable bonds is 6. The number of hydrogen-bond donors (Lipinski definition) is 2. The number of carbonyl (C=O) groups is 2. The molecule has 2 amide bonds. The highest BCUT2D eigenvalue weighted by atomic mass is 16.5. The third-order valence-electron chi connectivity index (χ3n) is 5.24. The van der Waals surface area contributed by atoms with Gasteiger partial charge in [0.1, 0.15) is 12.4 Å². The maximum absolute atomic E-state index is 12.7. The average molecular weight is 391 g/mol.